The Morgan fingerprint density at radius 3 is 2.47 bits per heavy atom. The summed E-state index contributed by atoms with van der Waals surface area (Å²) in [5, 5.41) is 15.8. The van der Waals surface area contributed by atoms with Crippen molar-refractivity contribution in [3.8, 4) is 11.5 Å². The molecule has 0 radical (unpaired) electrons. The van der Waals surface area contributed by atoms with Gasteiger partial charge in [0, 0.05) is 75.3 Å². The lowest BCUT2D eigenvalue weighted by atomic mass is 9.72. The summed E-state index contributed by atoms with van der Waals surface area (Å²) in [5.74, 6) is -0.0256. The number of nitrogens with zero attached hydrogens (tertiary/aromatic N) is 4. The lowest BCUT2D eigenvalue weighted by Crippen LogP contribution is -2.47. The number of benzene rings is 3. The van der Waals surface area contributed by atoms with Crippen LogP contribution in [0.2, 0.25) is 5.02 Å². The van der Waals surface area contributed by atoms with Gasteiger partial charge in [-0.15, -0.1) is 0 Å². The summed E-state index contributed by atoms with van der Waals surface area (Å²) in [6.07, 6.45) is 6.24. The summed E-state index contributed by atoms with van der Waals surface area (Å²) in [5.41, 5.74) is 10.6. The smallest absolute Gasteiger partial charge is 0.293 e. The van der Waals surface area contributed by atoms with Crippen molar-refractivity contribution in [1.82, 2.24) is 14.6 Å². The molecule has 4 aromatic rings. The minimum atomic E-state index is -4.55. The Morgan fingerprint density at radius 2 is 1.78 bits per heavy atom. The second-order valence-corrected chi connectivity index (χ2v) is 18.3. The number of carbonyl (C=O) groups excluding carboxylic acids is 1. The van der Waals surface area contributed by atoms with Gasteiger partial charge in [0.15, 0.2) is 0 Å². The summed E-state index contributed by atoms with van der Waals surface area (Å²) in [6.45, 7) is 10.3. The lowest BCUT2D eigenvalue weighted by molar-refractivity contribution is -0.384. The minimum absolute atomic E-state index is 0.0566. The first-order valence-corrected chi connectivity index (χ1v) is 21.7. The van der Waals surface area contributed by atoms with Crippen molar-refractivity contribution >= 4 is 56.0 Å². The third-order valence-electron chi connectivity index (χ3n) is 11.4. The van der Waals surface area contributed by atoms with Crippen molar-refractivity contribution in [1.29, 1.82) is 0 Å². The second kappa shape index (κ2) is 18.0. The number of nitrogens with one attached hydrogen (secondary N) is 2. The number of carbonyl (C=O) groups is 1. The molecule has 2 aliphatic heterocycles. The number of amides is 1. The number of nitrogens with two attached hydrogens (primary N) is 1. The molecule has 0 saturated carbocycles. The fourth-order valence-corrected chi connectivity index (χ4v) is 8.99. The fraction of sp³-hybridized carbons (Fsp3) is 0.395. The predicted molar refractivity (Wildman–Crippen MR) is 230 cm³/mol. The average molecular weight is 844 g/mol. The van der Waals surface area contributed by atoms with Crippen LogP contribution in [-0.2, 0) is 14.8 Å². The van der Waals surface area contributed by atoms with Gasteiger partial charge in [-0.2, -0.15) is 0 Å². The number of sulfonamides is 1. The average Bonchev–Trinajstić information content (AvgIpc) is 3.22. The van der Waals surface area contributed by atoms with E-state index in [1.54, 1.807) is 24.3 Å². The van der Waals surface area contributed by atoms with Gasteiger partial charge in [0.05, 0.1) is 21.6 Å². The van der Waals surface area contributed by atoms with E-state index in [9.17, 15) is 23.3 Å². The molecule has 2 saturated heterocycles. The molecule has 1 aliphatic carbocycles. The van der Waals surface area contributed by atoms with Crippen LogP contribution in [0.25, 0.3) is 5.57 Å². The number of rotatable bonds is 13. The fourth-order valence-electron chi connectivity index (χ4n) is 7.88. The number of anilines is 3. The molecule has 0 unspecified atom stereocenters. The standard InChI is InChI=1S/C43H50ClN7O7S/c1-43(2)16-13-31(37(25-43)30-3-5-32(44)6-4-30)28-49-17-19-50(20-18-49)33-7-10-36(40(23-33)58-34-8-12-41(45)47-27-34)42(52)48-59(55,56)35-9-11-38(39(24-35)51(53)54)46-26-29-14-21-57-22-15-29/h3-12,23-24,27,29,46H,13-22,25-26,28H2,1-2H3,(H2,45,47)(H,48,52). The topological polar surface area (TPSA) is 182 Å². The highest BCUT2D eigenvalue weighted by atomic mass is 35.5. The van der Waals surface area contributed by atoms with Crippen LogP contribution < -0.4 is 25.4 Å². The Bertz CT molecular complexity index is 2310. The zero-order chi connectivity index (χ0) is 41.7. The molecule has 7 rings (SSSR count). The first-order valence-electron chi connectivity index (χ1n) is 19.9. The summed E-state index contributed by atoms with van der Waals surface area (Å²) in [6, 6.07) is 19.8. The van der Waals surface area contributed by atoms with Crippen molar-refractivity contribution in [3.05, 3.63) is 111 Å². The molecule has 4 N–H and O–H groups in total. The number of nitrogen functional groups attached to an aromatic ring is 1. The maximum absolute atomic E-state index is 13.8. The van der Waals surface area contributed by atoms with Crippen molar-refractivity contribution < 1.29 is 27.6 Å². The van der Waals surface area contributed by atoms with Gasteiger partial charge in [-0.1, -0.05) is 43.2 Å². The molecular formula is C43H50ClN7O7S. The molecule has 1 amide bonds. The minimum Gasteiger partial charge on any atom is -0.455 e. The highest BCUT2D eigenvalue weighted by Crippen LogP contribution is 2.43. The van der Waals surface area contributed by atoms with Gasteiger partial charge < -0.3 is 25.4 Å². The maximum Gasteiger partial charge on any atom is 0.293 e. The number of halogens is 1. The first-order chi connectivity index (χ1) is 28.2. The van der Waals surface area contributed by atoms with Crippen LogP contribution in [0.3, 0.4) is 0 Å². The van der Waals surface area contributed by atoms with Gasteiger partial charge in [0.1, 0.15) is 23.0 Å². The number of aromatic nitrogens is 1. The predicted octanol–water partition coefficient (Wildman–Crippen LogP) is 7.76. The van der Waals surface area contributed by atoms with E-state index in [0.29, 0.717) is 19.8 Å². The van der Waals surface area contributed by atoms with Crippen LogP contribution in [0.4, 0.5) is 22.9 Å². The van der Waals surface area contributed by atoms with E-state index in [2.05, 4.69) is 50.8 Å². The SMILES string of the molecule is CC1(C)CCC(CN2CCN(c3ccc(C(=O)NS(=O)(=O)c4ccc(NCC5CCOCC5)c([N+](=O)[O-])c4)c(Oc4ccc(N)nc4)c3)CC2)=C(c2ccc(Cl)cc2)C1. The van der Waals surface area contributed by atoms with E-state index in [1.165, 1.54) is 41.1 Å². The van der Waals surface area contributed by atoms with Crippen LogP contribution in [0, 0.1) is 21.4 Å². The monoisotopic (exact) mass is 843 g/mol. The van der Waals surface area contributed by atoms with Gasteiger partial charge in [-0.3, -0.25) is 19.8 Å². The number of ether oxygens (including phenoxy) is 2. The Hall–Kier alpha value is -5.22. The highest BCUT2D eigenvalue weighted by molar-refractivity contribution is 7.90. The summed E-state index contributed by atoms with van der Waals surface area (Å²) >= 11 is 6.22. The normalized spacial score (nSPS) is 17.7. The van der Waals surface area contributed by atoms with Crippen LogP contribution in [0.15, 0.2) is 89.5 Å². The summed E-state index contributed by atoms with van der Waals surface area (Å²) < 4.78 is 40.8. The van der Waals surface area contributed by atoms with E-state index >= 15 is 0 Å². The molecule has 0 spiro atoms. The molecule has 14 nitrogen and oxygen atoms in total. The number of pyridine rings is 1. The quantitative estimate of drug-likeness (QED) is 0.0880. The second-order valence-electron chi connectivity index (χ2n) is 16.2. The largest absolute Gasteiger partial charge is 0.455 e. The van der Waals surface area contributed by atoms with Gasteiger partial charge in [0.25, 0.3) is 21.6 Å². The molecule has 59 heavy (non-hydrogen) atoms. The van der Waals surface area contributed by atoms with Crippen LogP contribution in [0.1, 0.15) is 61.9 Å². The number of nitro benzene ring substituents is 1. The Balaban J connectivity index is 1.07. The molecule has 0 bridgehead atoms. The number of hydrogen-bond acceptors (Lipinski definition) is 12. The van der Waals surface area contributed by atoms with Crippen LogP contribution >= 0.6 is 11.6 Å². The molecule has 312 valence electrons. The molecule has 3 aliphatic rings. The summed E-state index contributed by atoms with van der Waals surface area (Å²) in [7, 11) is -4.55. The van der Waals surface area contributed by atoms with Gasteiger partial charge in [-0.25, -0.2) is 18.1 Å². The van der Waals surface area contributed by atoms with Crippen molar-refractivity contribution in [3.63, 3.8) is 0 Å². The maximum atomic E-state index is 13.8. The molecule has 1 aromatic heterocycles. The molecule has 3 heterocycles. The summed E-state index contributed by atoms with van der Waals surface area (Å²) in [4.78, 5) is 33.5. The Labute approximate surface area is 349 Å². The molecule has 0 atom stereocenters. The number of hydrogen-bond donors (Lipinski definition) is 3. The van der Waals surface area contributed by atoms with E-state index < -0.39 is 31.4 Å². The number of nitro groups is 1. The van der Waals surface area contributed by atoms with E-state index in [0.717, 1.165) is 81.6 Å². The first kappa shape index (κ1) is 41.9. The third-order valence-corrected chi connectivity index (χ3v) is 12.9. The van der Waals surface area contributed by atoms with Gasteiger partial charge in [0.2, 0.25) is 0 Å². The van der Waals surface area contributed by atoms with Gasteiger partial charge >= 0.3 is 0 Å². The highest BCUT2D eigenvalue weighted by Gasteiger charge is 2.30. The zero-order valence-corrected chi connectivity index (χ0v) is 34.9. The Morgan fingerprint density at radius 1 is 1.03 bits per heavy atom. The van der Waals surface area contributed by atoms with Gasteiger partial charge in [-0.05, 0) is 103 Å². The molecule has 2 fully saturated rings. The third kappa shape index (κ3) is 10.5. The number of piperazine rings is 1. The van der Waals surface area contributed by atoms with Crippen molar-refractivity contribution in [2.24, 2.45) is 11.3 Å². The van der Waals surface area contributed by atoms with E-state index in [1.807, 2.05) is 12.1 Å². The van der Waals surface area contributed by atoms with Crippen molar-refractivity contribution in [2.75, 3.05) is 68.4 Å². The van der Waals surface area contributed by atoms with E-state index in [-0.39, 0.29) is 39.9 Å². The van der Waals surface area contributed by atoms with Crippen molar-refractivity contribution in [2.45, 2.75) is 50.8 Å². The molecule has 16 heteroatoms. The zero-order valence-electron chi connectivity index (χ0n) is 33.3. The number of allylic oxidation sites excluding steroid dienone is 1. The van der Waals surface area contributed by atoms with Crippen LogP contribution in [-0.4, -0.2) is 81.6 Å². The Kier molecular flexibility index (Phi) is 12.8. The molecular weight excluding hydrogens is 794 g/mol. The molecule has 3 aromatic carbocycles. The van der Waals surface area contributed by atoms with E-state index in [4.69, 9.17) is 26.8 Å². The lowest BCUT2D eigenvalue weighted by Gasteiger charge is -2.39. The van der Waals surface area contributed by atoms with Crippen LogP contribution in [0.5, 0.6) is 11.5 Å².